The van der Waals surface area contributed by atoms with E-state index >= 15 is 0 Å². The first-order chi connectivity index (χ1) is 13.8. The summed E-state index contributed by atoms with van der Waals surface area (Å²) in [6.45, 7) is 0.221. The zero-order valence-electron chi connectivity index (χ0n) is 15.7. The summed E-state index contributed by atoms with van der Waals surface area (Å²) >= 11 is 0. The molecule has 3 aliphatic rings. The molecule has 1 saturated carbocycles. The molecule has 3 rings (SSSR count). The topological polar surface area (TPSA) is 156 Å². The van der Waals surface area contributed by atoms with E-state index in [1.807, 2.05) is 0 Å². The zero-order valence-corrected chi connectivity index (χ0v) is 15.7. The highest BCUT2D eigenvalue weighted by atomic mass is 16.4. The molecule has 12 nitrogen and oxygen atoms in total. The predicted molar refractivity (Wildman–Crippen MR) is 94.4 cm³/mol. The molecule has 0 aromatic heterocycles. The van der Waals surface area contributed by atoms with Crippen molar-refractivity contribution in [1.82, 2.24) is 25.8 Å². The third kappa shape index (κ3) is 4.63. The maximum absolute atomic E-state index is 13.1. The Balaban J connectivity index is 1.78. The fourth-order valence-electron chi connectivity index (χ4n) is 3.39. The second-order valence-electron chi connectivity index (χ2n) is 7.30. The maximum atomic E-state index is 13.1. The Morgan fingerprint density at radius 3 is 2.48 bits per heavy atom. The van der Waals surface area contributed by atoms with E-state index in [9.17, 15) is 28.8 Å². The van der Waals surface area contributed by atoms with Gasteiger partial charge in [0.05, 0.1) is 19.0 Å². The number of hydrogen-bond donors (Lipinski definition) is 3. The Bertz CT molecular complexity index is 738. The molecule has 2 heterocycles. The summed E-state index contributed by atoms with van der Waals surface area (Å²) in [7, 11) is 0. The van der Waals surface area contributed by atoms with Gasteiger partial charge in [-0.1, -0.05) is 0 Å². The number of amides is 5. The fraction of sp³-hybridized carbons (Fsp3) is 0.647. The first-order valence-corrected chi connectivity index (χ1v) is 9.50. The number of carboxylic acid groups (broad SMARTS) is 1. The molecule has 3 fully saturated rings. The summed E-state index contributed by atoms with van der Waals surface area (Å²) in [6, 6.07) is -3.07. The highest BCUT2D eigenvalue weighted by Crippen LogP contribution is 2.29. The molecular formula is C17H23N5O7. The number of fused-ring (bicyclic) bond motifs is 1. The van der Waals surface area contributed by atoms with Crippen molar-refractivity contribution < 1.29 is 33.9 Å². The van der Waals surface area contributed by atoms with E-state index in [-0.39, 0.29) is 43.7 Å². The lowest BCUT2D eigenvalue weighted by atomic mass is 10.1. The van der Waals surface area contributed by atoms with Crippen molar-refractivity contribution in [2.24, 2.45) is 5.92 Å². The van der Waals surface area contributed by atoms with Crippen LogP contribution in [0.2, 0.25) is 0 Å². The van der Waals surface area contributed by atoms with E-state index in [1.54, 1.807) is 0 Å². The third-order valence-corrected chi connectivity index (χ3v) is 5.05. The number of urea groups is 1. The predicted octanol–water partition coefficient (Wildman–Crippen LogP) is -1.38. The maximum Gasteiger partial charge on any atom is 0.358 e. The van der Waals surface area contributed by atoms with Crippen molar-refractivity contribution in [1.29, 1.82) is 0 Å². The van der Waals surface area contributed by atoms with Gasteiger partial charge >= 0.3 is 12.0 Å². The molecular weight excluding hydrogens is 386 g/mol. The van der Waals surface area contributed by atoms with Crippen LogP contribution in [0.4, 0.5) is 4.79 Å². The molecule has 2 saturated heterocycles. The van der Waals surface area contributed by atoms with Crippen LogP contribution < -0.4 is 10.7 Å². The number of carbonyl (C=O) groups is 6. The summed E-state index contributed by atoms with van der Waals surface area (Å²) in [6.07, 6.45) is 1.86. The number of hydrogen-bond acceptors (Lipinski definition) is 6. The van der Waals surface area contributed by atoms with Crippen LogP contribution in [0.25, 0.3) is 0 Å². The standard InChI is InChI=1S/C17H23N5O7/c23-9-11(8-14(25)26)18-16(28)12-2-1-6-21-13(24)5-7-20(17(29)22(12)21)19-15(27)10-3-4-10/h9-12H,1-8H2,(H,18,28)(H,19,27)(H,25,26). The van der Waals surface area contributed by atoms with Crippen LogP contribution in [0.3, 0.4) is 0 Å². The van der Waals surface area contributed by atoms with Gasteiger partial charge in [0.2, 0.25) is 17.7 Å². The Morgan fingerprint density at radius 2 is 1.86 bits per heavy atom. The van der Waals surface area contributed by atoms with Crippen molar-refractivity contribution in [3.05, 3.63) is 0 Å². The molecule has 0 radical (unpaired) electrons. The first-order valence-electron chi connectivity index (χ1n) is 9.50. The lowest BCUT2D eigenvalue weighted by Gasteiger charge is -2.42. The Morgan fingerprint density at radius 1 is 1.14 bits per heavy atom. The number of carbonyl (C=O) groups excluding carboxylic acids is 5. The Hall–Kier alpha value is -3.18. The number of rotatable bonds is 7. The average Bonchev–Trinajstić information content (AvgIpc) is 3.54. The molecule has 12 heteroatoms. The normalized spacial score (nSPS) is 23.0. The minimum Gasteiger partial charge on any atom is -0.481 e. The van der Waals surface area contributed by atoms with Gasteiger partial charge in [-0.3, -0.25) is 24.6 Å². The summed E-state index contributed by atoms with van der Waals surface area (Å²) in [5.41, 5.74) is 2.52. The van der Waals surface area contributed by atoms with Crippen LogP contribution in [0, 0.1) is 5.92 Å². The highest BCUT2D eigenvalue weighted by molar-refractivity contribution is 5.93. The summed E-state index contributed by atoms with van der Waals surface area (Å²) < 4.78 is 0. The molecule has 2 unspecified atom stereocenters. The molecule has 0 aromatic carbocycles. The molecule has 5 amide bonds. The molecule has 1 aliphatic carbocycles. The molecule has 2 aliphatic heterocycles. The van der Waals surface area contributed by atoms with Crippen molar-refractivity contribution in [2.75, 3.05) is 13.1 Å². The molecule has 0 spiro atoms. The van der Waals surface area contributed by atoms with Gasteiger partial charge < -0.3 is 15.2 Å². The molecule has 29 heavy (non-hydrogen) atoms. The number of aldehydes is 1. The SMILES string of the molecule is O=CC(CC(=O)O)NC(=O)C1CCCN2C(=O)CCN(NC(=O)C3CC3)C(=O)N12. The van der Waals surface area contributed by atoms with Crippen LogP contribution in [-0.4, -0.2) is 81.3 Å². The second-order valence-corrected chi connectivity index (χ2v) is 7.30. The quantitative estimate of drug-likeness (QED) is 0.437. The van der Waals surface area contributed by atoms with Gasteiger partial charge in [0.15, 0.2) is 0 Å². The number of carboxylic acids is 1. The Kier molecular flexibility index (Phi) is 5.99. The lowest BCUT2D eigenvalue weighted by Crippen LogP contribution is -2.64. The minimum absolute atomic E-state index is 0.0164. The van der Waals surface area contributed by atoms with Crippen LogP contribution >= 0.6 is 0 Å². The van der Waals surface area contributed by atoms with Gasteiger partial charge in [-0.2, -0.15) is 0 Å². The van der Waals surface area contributed by atoms with Crippen molar-refractivity contribution in [2.45, 2.75) is 50.6 Å². The molecule has 2 atom stereocenters. The molecule has 0 bridgehead atoms. The number of nitrogens with zero attached hydrogens (tertiary/aromatic N) is 3. The van der Waals surface area contributed by atoms with Crippen molar-refractivity contribution in [3.63, 3.8) is 0 Å². The van der Waals surface area contributed by atoms with Crippen LogP contribution in [0.15, 0.2) is 0 Å². The molecule has 0 aromatic rings. The van der Waals surface area contributed by atoms with Crippen molar-refractivity contribution in [3.8, 4) is 0 Å². The smallest absolute Gasteiger partial charge is 0.358 e. The van der Waals surface area contributed by atoms with E-state index in [1.165, 1.54) is 5.01 Å². The van der Waals surface area contributed by atoms with E-state index in [4.69, 9.17) is 5.11 Å². The largest absolute Gasteiger partial charge is 0.481 e. The summed E-state index contributed by atoms with van der Waals surface area (Å²) in [5.74, 6) is -2.81. The summed E-state index contributed by atoms with van der Waals surface area (Å²) in [5, 5.41) is 14.4. The van der Waals surface area contributed by atoms with Gasteiger partial charge in [0, 0.05) is 18.9 Å². The van der Waals surface area contributed by atoms with Crippen LogP contribution in [0.5, 0.6) is 0 Å². The van der Waals surface area contributed by atoms with Crippen LogP contribution in [-0.2, 0) is 24.0 Å². The monoisotopic (exact) mass is 409 g/mol. The van der Waals surface area contributed by atoms with E-state index in [0.29, 0.717) is 12.7 Å². The molecule has 3 N–H and O–H groups in total. The summed E-state index contributed by atoms with van der Waals surface area (Å²) in [4.78, 5) is 72.2. The average molecular weight is 409 g/mol. The number of aliphatic carboxylic acids is 1. The third-order valence-electron chi connectivity index (χ3n) is 5.05. The second kappa shape index (κ2) is 8.45. The highest BCUT2D eigenvalue weighted by Gasteiger charge is 2.45. The van der Waals surface area contributed by atoms with Gasteiger partial charge in [-0.05, 0) is 25.7 Å². The number of hydrazine groups is 2. The fourth-order valence-corrected chi connectivity index (χ4v) is 3.39. The van der Waals surface area contributed by atoms with E-state index in [0.717, 1.165) is 22.9 Å². The van der Waals surface area contributed by atoms with Gasteiger partial charge in [0.25, 0.3) is 0 Å². The van der Waals surface area contributed by atoms with Crippen molar-refractivity contribution >= 4 is 36.0 Å². The Labute approximate surface area is 166 Å². The van der Waals surface area contributed by atoms with Gasteiger partial charge in [-0.25, -0.2) is 19.8 Å². The van der Waals surface area contributed by atoms with Gasteiger partial charge in [0.1, 0.15) is 12.3 Å². The van der Waals surface area contributed by atoms with E-state index < -0.39 is 36.4 Å². The first kappa shape index (κ1) is 20.6. The zero-order chi connectivity index (χ0) is 21.1. The number of nitrogens with one attached hydrogen (secondary N) is 2. The lowest BCUT2D eigenvalue weighted by molar-refractivity contribution is -0.155. The van der Waals surface area contributed by atoms with Crippen LogP contribution in [0.1, 0.15) is 38.5 Å². The van der Waals surface area contributed by atoms with Gasteiger partial charge in [-0.15, -0.1) is 0 Å². The minimum atomic E-state index is -1.26. The molecule has 158 valence electrons. The van der Waals surface area contributed by atoms with E-state index in [2.05, 4.69) is 10.7 Å².